The number of carbonyl (C=O) groups excluding carboxylic acids is 1. The predicted octanol–water partition coefficient (Wildman–Crippen LogP) is 3.16. The van der Waals surface area contributed by atoms with E-state index < -0.39 is 0 Å². The van der Waals surface area contributed by atoms with Gasteiger partial charge in [-0.25, -0.2) is 0 Å². The second-order valence-corrected chi connectivity index (χ2v) is 4.12. The van der Waals surface area contributed by atoms with E-state index in [4.69, 9.17) is 5.26 Å². The smallest absolute Gasteiger partial charge is 0.187 e. The molecular weight excluding hydrogens is 236 g/mol. The van der Waals surface area contributed by atoms with Gasteiger partial charge in [0.05, 0.1) is 11.6 Å². The van der Waals surface area contributed by atoms with Crippen molar-refractivity contribution in [2.75, 3.05) is 0 Å². The second kappa shape index (κ2) is 5.74. The number of nitriles is 1. The first kappa shape index (κ1) is 12.7. The van der Waals surface area contributed by atoms with Crippen LogP contribution in [0.1, 0.15) is 27.2 Å². The maximum atomic E-state index is 11.9. The molecule has 19 heavy (non-hydrogen) atoms. The summed E-state index contributed by atoms with van der Waals surface area (Å²) in [5.41, 5.74) is 2.83. The van der Waals surface area contributed by atoms with Crippen molar-refractivity contribution in [1.29, 1.82) is 5.26 Å². The summed E-state index contributed by atoms with van der Waals surface area (Å²) < 4.78 is 0. The number of ketones is 1. The molecule has 3 nitrogen and oxygen atoms in total. The first-order valence-electron chi connectivity index (χ1n) is 5.84. The van der Waals surface area contributed by atoms with Crippen molar-refractivity contribution in [3.05, 3.63) is 71.1 Å². The van der Waals surface area contributed by atoms with E-state index in [2.05, 4.69) is 11.1 Å². The van der Waals surface area contributed by atoms with Crippen molar-refractivity contribution in [1.82, 2.24) is 4.98 Å². The highest BCUT2D eigenvalue weighted by Crippen LogP contribution is 2.08. The van der Waals surface area contributed by atoms with Gasteiger partial charge in [0, 0.05) is 17.5 Å². The fourth-order valence-corrected chi connectivity index (χ4v) is 1.59. The Balaban J connectivity index is 2.16. The van der Waals surface area contributed by atoms with Crippen LogP contribution in [0.2, 0.25) is 0 Å². The third-order valence-corrected chi connectivity index (χ3v) is 2.64. The molecule has 0 spiro atoms. The third-order valence-electron chi connectivity index (χ3n) is 2.64. The van der Waals surface area contributed by atoms with Gasteiger partial charge in [-0.15, -0.1) is 0 Å². The molecule has 3 heteroatoms. The molecule has 0 unspecified atom stereocenters. The SMILES string of the molecule is Cc1ccc(C(=O)/C=C/c2cccc(C#N)c2)cn1. The number of hydrogen-bond donors (Lipinski definition) is 0. The van der Waals surface area contributed by atoms with Gasteiger partial charge in [0.2, 0.25) is 0 Å². The van der Waals surface area contributed by atoms with Crippen LogP contribution >= 0.6 is 0 Å². The van der Waals surface area contributed by atoms with Gasteiger partial charge in [0.1, 0.15) is 0 Å². The Bertz CT molecular complexity index is 664. The summed E-state index contributed by atoms with van der Waals surface area (Å²) >= 11 is 0. The van der Waals surface area contributed by atoms with E-state index >= 15 is 0 Å². The molecule has 0 radical (unpaired) electrons. The third kappa shape index (κ3) is 3.36. The molecule has 0 atom stereocenters. The number of allylic oxidation sites excluding steroid dienone is 1. The summed E-state index contributed by atoms with van der Waals surface area (Å²) in [6.07, 6.45) is 4.75. The quantitative estimate of drug-likeness (QED) is 0.619. The molecule has 0 aliphatic heterocycles. The highest BCUT2D eigenvalue weighted by atomic mass is 16.1. The van der Waals surface area contributed by atoms with Gasteiger partial charge in [-0.2, -0.15) is 5.26 Å². The number of aryl methyl sites for hydroxylation is 1. The standard InChI is InChI=1S/C16H12N2O/c1-12-5-7-15(11-18-12)16(19)8-6-13-3-2-4-14(9-13)10-17/h2-9,11H,1H3/b8-6+. The zero-order chi connectivity index (χ0) is 13.7. The van der Waals surface area contributed by atoms with Crippen LogP contribution in [0, 0.1) is 18.3 Å². The molecule has 0 bridgehead atoms. The molecule has 1 aromatic heterocycles. The molecule has 0 saturated carbocycles. The van der Waals surface area contributed by atoms with Crippen LogP contribution in [0.4, 0.5) is 0 Å². The zero-order valence-corrected chi connectivity index (χ0v) is 10.5. The average Bonchev–Trinajstić information content (AvgIpc) is 2.46. The number of carbonyl (C=O) groups is 1. The normalized spacial score (nSPS) is 10.3. The van der Waals surface area contributed by atoms with E-state index in [-0.39, 0.29) is 5.78 Å². The molecule has 0 amide bonds. The molecule has 0 aliphatic rings. The first-order valence-corrected chi connectivity index (χ1v) is 5.84. The Kier molecular flexibility index (Phi) is 3.84. The van der Waals surface area contributed by atoms with Crippen LogP contribution in [-0.2, 0) is 0 Å². The lowest BCUT2D eigenvalue weighted by atomic mass is 10.1. The van der Waals surface area contributed by atoms with E-state index in [0.29, 0.717) is 11.1 Å². The Labute approximate surface area is 111 Å². The monoisotopic (exact) mass is 248 g/mol. The summed E-state index contributed by atoms with van der Waals surface area (Å²) in [7, 11) is 0. The summed E-state index contributed by atoms with van der Waals surface area (Å²) in [6, 6.07) is 12.7. The van der Waals surface area contributed by atoms with Gasteiger partial charge in [0.25, 0.3) is 0 Å². The van der Waals surface area contributed by atoms with Crippen molar-refractivity contribution < 1.29 is 4.79 Å². The number of benzene rings is 1. The molecule has 92 valence electrons. The zero-order valence-electron chi connectivity index (χ0n) is 10.5. The van der Waals surface area contributed by atoms with E-state index in [0.717, 1.165) is 11.3 Å². The van der Waals surface area contributed by atoms with Crippen molar-refractivity contribution in [3.8, 4) is 6.07 Å². The fourth-order valence-electron chi connectivity index (χ4n) is 1.59. The lowest BCUT2D eigenvalue weighted by Gasteiger charge is -1.97. The van der Waals surface area contributed by atoms with Crippen LogP contribution in [0.5, 0.6) is 0 Å². The lowest BCUT2D eigenvalue weighted by molar-refractivity contribution is 0.104. The first-order chi connectivity index (χ1) is 9.19. The number of rotatable bonds is 3. The number of nitrogens with zero attached hydrogens (tertiary/aromatic N) is 2. The van der Waals surface area contributed by atoms with Crippen molar-refractivity contribution in [3.63, 3.8) is 0 Å². The molecule has 0 saturated heterocycles. The maximum absolute atomic E-state index is 11.9. The van der Waals surface area contributed by atoms with Crippen LogP contribution < -0.4 is 0 Å². The van der Waals surface area contributed by atoms with Crippen molar-refractivity contribution >= 4 is 11.9 Å². The summed E-state index contributed by atoms with van der Waals surface area (Å²) in [4.78, 5) is 16.0. The van der Waals surface area contributed by atoms with Crippen LogP contribution in [0.3, 0.4) is 0 Å². The van der Waals surface area contributed by atoms with Gasteiger partial charge in [-0.3, -0.25) is 9.78 Å². The van der Waals surface area contributed by atoms with E-state index in [9.17, 15) is 4.79 Å². The summed E-state index contributed by atoms with van der Waals surface area (Å²) in [6.45, 7) is 1.87. The fraction of sp³-hybridized carbons (Fsp3) is 0.0625. The number of pyridine rings is 1. The Morgan fingerprint density at radius 2 is 2.16 bits per heavy atom. The highest BCUT2D eigenvalue weighted by molar-refractivity contribution is 6.06. The van der Waals surface area contributed by atoms with Gasteiger partial charge in [-0.05, 0) is 42.8 Å². The minimum atomic E-state index is -0.102. The molecular formula is C16H12N2O. The van der Waals surface area contributed by atoms with Crippen LogP contribution in [-0.4, -0.2) is 10.8 Å². The summed E-state index contributed by atoms with van der Waals surface area (Å²) in [5, 5.41) is 8.79. The molecule has 0 N–H and O–H groups in total. The molecule has 1 heterocycles. The van der Waals surface area contributed by atoms with Gasteiger partial charge < -0.3 is 0 Å². The highest BCUT2D eigenvalue weighted by Gasteiger charge is 2.01. The second-order valence-electron chi connectivity index (χ2n) is 4.12. The van der Waals surface area contributed by atoms with E-state index in [1.165, 1.54) is 6.08 Å². The number of aromatic nitrogens is 1. The number of hydrogen-bond acceptors (Lipinski definition) is 3. The Morgan fingerprint density at radius 3 is 2.84 bits per heavy atom. The van der Waals surface area contributed by atoms with Crippen molar-refractivity contribution in [2.45, 2.75) is 6.92 Å². The van der Waals surface area contributed by atoms with Crippen LogP contribution in [0.25, 0.3) is 6.08 Å². The predicted molar refractivity (Wildman–Crippen MR) is 73.5 cm³/mol. The molecule has 2 rings (SSSR count). The largest absolute Gasteiger partial charge is 0.289 e. The Morgan fingerprint density at radius 1 is 1.32 bits per heavy atom. The molecule has 2 aromatic rings. The molecule has 0 fully saturated rings. The molecule has 1 aromatic carbocycles. The van der Waals surface area contributed by atoms with Crippen molar-refractivity contribution in [2.24, 2.45) is 0 Å². The summed E-state index contributed by atoms with van der Waals surface area (Å²) in [5.74, 6) is -0.102. The van der Waals surface area contributed by atoms with E-state index in [1.54, 1.807) is 42.6 Å². The lowest BCUT2D eigenvalue weighted by Crippen LogP contribution is -1.95. The van der Waals surface area contributed by atoms with Gasteiger partial charge >= 0.3 is 0 Å². The Hall–Kier alpha value is -2.73. The minimum Gasteiger partial charge on any atom is -0.289 e. The van der Waals surface area contributed by atoms with Crippen LogP contribution in [0.15, 0.2) is 48.7 Å². The average molecular weight is 248 g/mol. The van der Waals surface area contributed by atoms with Gasteiger partial charge in [0.15, 0.2) is 5.78 Å². The van der Waals surface area contributed by atoms with Gasteiger partial charge in [-0.1, -0.05) is 18.2 Å². The van der Waals surface area contributed by atoms with E-state index in [1.807, 2.05) is 13.0 Å². The topological polar surface area (TPSA) is 53.8 Å². The molecule has 0 aliphatic carbocycles. The minimum absolute atomic E-state index is 0.102. The maximum Gasteiger partial charge on any atom is 0.187 e.